The van der Waals surface area contributed by atoms with Crippen molar-refractivity contribution in [3.05, 3.63) is 64.7 Å². The molecule has 216 valence electrons. The van der Waals surface area contributed by atoms with E-state index >= 15 is 0 Å². The molecule has 1 aliphatic rings. The fourth-order valence-electron chi connectivity index (χ4n) is 5.00. The fraction of sp³-hybridized carbons (Fsp3) is 0.462. The topological polar surface area (TPSA) is 76.4 Å². The lowest BCUT2D eigenvalue weighted by molar-refractivity contribution is -0.145. The maximum atomic E-state index is 13.5. The van der Waals surface area contributed by atoms with E-state index in [1.165, 1.54) is 11.9 Å². The van der Waals surface area contributed by atoms with E-state index in [9.17, 15) is 31.1 Å². The molecule has 0 N–H and O–H groups in total. The molecule has 0 spiro atoms. The van der Waals surface area contributed by atoms with Crippen molar-refractivity contribution < 1.29 is 35.9 Å². The minimum absolute atomic E-state index is 0.00992. The maximum absolute atomic E-state index is 13.5. The second-order valence-electron chi connectivity index (χ2n) is 9.43. The number of halogens is 6. The molecule has 0 amide bonds. The first-order valence-electron chi connectivity index (χ1n) is 12.6. The molecule has 0 fully saturated rings. The van der Waals surface area contributed by atoms with Gasteiger partial charge in [0.1, 0.15) is 6.04 Å². The number of aryl methyl sites for hydroxylation is 1. The first-order valence-corrected chi connectivity index (χ1v) is 12.6. The van der Waals surface area contributed by atoms with Gasteiger partial charge in [0.05, 0.1) is 24.8 Å². The van der Waals surface area contributed by atoms with Gasteiger partial charge in [-0.3, -0.25) is 0 Å². The lowest BCUT2D eigenvalue weighted by Crippen LogP contribution is -2.45. The zero-order chi connectivity index (χ0) is 29.2. The van der Waals surface area contributed by atoms with Gasteiger partial charge in [-0.2, -0.15) is 31.1 Å². The molecule has 0 bridgehead atoms. The summed E-state index contributed by atoms with van der Waals surface area (Å²) in [6, 6.07) is 8.00. The summed E-state index contributed by atoms with van der Waals surface area (Å²) in [5, 5.41) is 11.9. The van der Waals surface area contributed by atoms with Crippen molar-refractivity contribution in [1.29, 1.82) is 0 Å². The summed E-state index contributed by atoms with van der Waals surface area (Å²) in [5.74, 6) is -1.05. The van der Waals surface area contributed by atoms with Crippen molar-refractivity contribution in [2.24, 2.45) is 7.05 Å². The molecule has 40 heavy (non-hydrogen) atoms. The number of anilines is 2. The SMILES string of the molecule is CCCN1c2ccccc2C(CN(Cc2cc(C(F)(F)F)cc(C(F)(F)F)c2)c2nnn(C)n2)C1C(=O)OCC. The van der Waals surface area contributed by atoms with Crippen LogP contribution in [0.3, 0.4) is 0 Å². The third kappa shape index (κ3) is 6.15. The number of alkyl halides is 6. The highest BCUT2D eigenvalue weighted by Crippen LogP contribution is 2.43. The van der Waals surface area contributed by atoms with E-state index < -0.39 is 48.0 Å². The van der Waals surface area contributed by atoms with Crippen LogP contribution in [0.1, 0.15) is 48.4 Å². The number of tetrazole rings is 1. The number of carbonyl (C=O) groups excluding carboxylic acids is 1. The highest BCUT2D eigenvalue weighted by Gasteiger charge is 2.44. The Balaban J connectivity index is 1.79. The number of ether oxygens (including phenoxy) is 1. The van der Waals surface area contributed by atoms with Crippen molar-refractivity contribution in [1.82, 2.24) is 20.2 Å². The molecule has 2 unspecified atom stereocenters. The van der Waals surface area contributed by atoms with Crippen LogP contribution in [0.2, 0.25) is 0 Å². The number of para-hydroxylation sites is 1. The highest BCUT2D eigenvalue weighted by atomic mass is 19.4. The van der Waals surface area contributed by atoms with Gasteiger partial charge in [0.15, 0.2) is 0 Å². The Morgan fingerprint density at radius 1 is 1.02 bits per heavy atom. The second-order valence-corrected chi connectivity index (χ2v) is 9.43. The van der Waals surface area contributed by atoms with E-state index in [0.29, 0.717) is 18.7 Å². The number of hydrogen-bond acceptors (Lipinski definition) is 7. The third-order valence-electron chi connectivity index (χ3n) is 6.57. The predicted molar refractivity (Wildman–Crippen MR) is 134 cm³/mol. The molecule has 2 atom stereocenters. The van der Waals surface area contributed by atoms with Crippen LogP contribution in [0.4, 0.5) is 38.0 Å². The monoisotopic (exact) mass is 570 g/mol. The van der Waals surface area contributed by atoms with E-state index in [0.717, 1.165) is 22.5 Å². The van der Waals surface area contributed by atoms with Gasteiger partial charge >= 0.3 is 18.3 Å². The first kappa shape index (κ1) is 29.2. The molecule has 3 aromatic rings. The number of benzene rings is 2. The van der Waals surface area contributed by atoms with E-state index in [-0.39, 0.29) is 30.7 Å². The molecule has 1 aromatic heterocycles. The summed E-state index contributed by atoms with van der Waals surface area (Å²) in [5.41, 5.74) is -1.50. The summed E-state index contributed by atoms with van der Waals surface area (Å²) < 4.78 is 86.7. The Hall–Kier alpha value is -3.84. The molecular weight excluding hydrogens is 542 g/mol. The van der Waals surface area contributed by atoms with Crippen LogP contribution >= 0.6 is 0 Å². The molecule has 2 heterocycles. The second kappa shape index (κ2) is 11.3. The molecule has 4 rings (SSSR count). The van der Waals surface area contributed by atoms with Crippen LogP contribution < -0.4 is 9.80 Å². The number of carbonyl (C=O) groups is 1. The van der Waals surface area contributed by atoms with Crippen LogP contribution in [0.5, 0.6) is 0 Å². The van der Waals surface area contributed by atoms with Gasteiger partial charge in [-0.25, -0.2) is 4.79 Å². The predicted octanol–water partition coefficient (Wildman–Crippen LogP) is 5.20. The van der Waals surface area contributed by atoms with Crippen molar-refractivity contribution in [3.8, 4) is 0 Å². The van der Waals surface area contributed by atoms with E-state index in [1.54, 1.807) is 13.0 Å². The summed E-state index contributed by atoms with van der Waals surface area (Å²) in [7, 11) is 1.48. The molecule has 0 saturated carbocycles. The number of esters is 1. The highest BCUT2D eigenvalue weighted by molar-refractivity contribution is 5.85. The molecule has 2 aromatic carbocycles. The zero-order valence-corrected chi connectivity index (χ0v) is 22.0. The van der Waals surface area contributed by atoms with Crippen LogP contribution in [0, 0.1) is 0 Å². The summed E-state index contributed by atoms with van der Waals surface area (Å²) in [6.45, 7) is 3.90. The number of hydrogen-bond donors (Lipinski definition) is 0. The Morgan fingerprint density at radius 3 is 2.23 bits per heavy atom. The zero-order valence-electron chi connectivity index (χ0n) is 22.0. The minimum atomic E-state index is -4.99. The first-order chi connectivity index (χ1) is 18.8. The maximum Gasteiger partial charge on any atom is 0.416 e. The number of nitrogens with zero attached hydrogens (tertiary/aromatic N) is 6. The Bertz CT molecular complexity index is 1310. The van der Waals surface area contributed by atoms with Gasteiger partial charge < -0.3 is 14.5 Å². The average Bonchev–Trinajstić information content (AvgIpc) is 3.44. The van der Waals surface area contributed by atoms with Crippen molar-refractivity contribution >= 4 is 17.6 Å². The summed E-state index contributed by atoms with van der Waals surface area (Å²) in [4.78, 5) is 17.7. The third-order valence-corrected chi connectivity index (χ3v) is 6.57. The molecule has 0 radical (unpaired) electrons. The number of aromatic nitrogens is 4. The van der Waals surface area contributed by atoms with Crippen LogP contribution in [0.15, 0.2) is 42.5 Å². The molecule has 8 nitrogen and oxygen atoms in total. The van der Waals surface area contributed by atoms with Crippen molar-refractivity contribution in [2.75, 3.05) is 29.5 Å². The summed E-state index contributed by atoms with van der Waals surface area (Å²) >= 11 is 0. The fourth-order valence-corrected chi connectivity index (χ4v) is 5.00. The smallest absolute Gasteiger partial charge is 0.416 e. The van der Waals surface area contributed by atoms with Crippen molar-refractivity contribution in [3.63, 3.8) is 0 Å². The largest absolute Gasteiger partial charge is 0.464 e. The van der Waals surface area contributed by atoms with Gasteiger partial charge in [0.25, 0.3) is 5.95 Å². The van der Waals surface area contributed by atoms with E-state index in [4.69, 9.17) is 4.74 Å². The standard InChI is InChI=1S/C26H28F6N6O2/c1-4-10-38-21-9-7-6-8-19(21)20(22(38)23(39)40-5-2)15-37(24-33-35-36(3)34-24)14-16-11-17(25(27,28)29)13-18(12-16)26(30,31)32/h6-9,11-13,20,22H,4-5,10,14-15H2,1-3H3. The lowest BCUT2D eigenvalue weighted by atomic mass is 9.93. The van der Waals surface area contributed by atoms with Gasteiger partial charge in [0, 0.05) is 31.2 Å². The lowest BCUT2D eigenvalue weighted by Gasteiger charge is -2.31. The van der Waals surface area contributed by atoms with Crippen LogP contribution in [0.25, 0.3) is 0 Å². The van der Waals surface area contributed by atoms with E-state index in [1.807, 2.05) is 30.0 Å². The van der Waals surface area contributed by atoms with Gasteiger partial charge in [-0.05, 0) is 54.0 Å². The van der Waals surface area contributed by atoms with Gasteiger partial charge in [-0.15, -0.1) is 5.10 Å². The van der Waals surface area contributed by atoms with Crippen LogP contribution in [-0.4, -0.2) is 51.9 Å². The van der Waals surface area contributed by atoms with Crippen molar-refractivity contribution in [2.45, 2.75) is 51.1 Å². The Labute approximate surface area is 226 Å². The Kier molecular flexibility index (Phi) is 8.26. The van der Waals surface area contributed by atoms with Gasteiger partial charge in [-0.1, -0.05) is 30.2 Å². The molecular formula is C26H28F6N6O2. The minimum Gasteiger partial charge on any atom is -0.464 e. The van der Waals surface area contributed by atoms with Crippen LogP contribution in [-0.2, 0) is 35.5 Å². The van der Waals surface area contributed by atoms with Gasteiger partial charge in [0.2, 0.25) is 0 Å². The molecule has 0 aliphatic carbocycles. The quantitative estimate of drug-likeness (QED) is 0.259. The summed E-state index contributed by atoms with van der Waals surface area (Å²) in [6.07, 6.45) is -9.27. The molecule has 1 aliphatic heterocycles. The number of rotatable bonds is 9. The molecule has 14 heteroatoms. The Morgan fingerprint density at radius 2 is 1.68 bits per heavy atom. The normalized spacial score (nSPS) is 17.2. The average molecular weight is 571 g/mol. The van der Waals surface area contributed by atoms with E-state index in [2.05, 4.69) is 15.4 Å². The molecule has 0 saturated heterocycles. The number of fused-ring (bicyclic) bond motifs is 1.